The summed E-state index contributed by atoms with van der Waals surface area (Å²) in [6, 6.07) is 18.4. The number of hydrogen-bond donors (Lipinski definition) is 1. The normalized spacial score (nSPS) is 11.2. The van der Waals surface area contributed by atoms with Crippen molar-refractivity contribution in [3.63, 3.8) is 0 Å². The maximum Gasteiger partial charge on any atom is 0.249 e. The number of nitrogens with zero attached hydrogens (tertiary/aromatic N) is 4. The Kier molecular flexibility index (Phi) is 5.20. The molecule has 34 heavy (non-hydrogen) atoms. The van der Waals surface area contributed by atoms with Crippen molar-refractivity contribution in [2.24, 2.45) is 0 Å². The topological polar surface area (TPSA) is 114 Å². The molecule has 3 aromatic heterocycles. The molecule has 0 saturated carbocycles. The highest BCUT2D eigenvalue weighted by Gasteiger charge is 2.16. The third-order valence-electron chi connectivity index (χ3n) is 5.38. The molecule has 2 aromatic carbocycles. The predicted molar refractivity (Wildman–Crippen MR) is 128 cm³/mol. The van der Waals surface area contributed by atoms with E-state index in [0.717, 1.165) is 16.5 Å². The molecule has 0 fully saturated rings. The van der Waals surface area contributed by atoms with Crippen LogP contribution in [0.15, 0.2) is 82.3 Å². The van der Waals surface area contributed by atoms with E-state index in [2.05, 4.69) is 15.4 Å². The summed E-state index contributed by atoms with van der Waals surface area (Å²) in [6.07, 6.45) is 5.25. The third kappa shape index (κ3) is 3.72. The maximum absolute atomic E-state index is 12.7. The first-order valence-corrected chi connectivity index (χ1v) is 10.4. The fraction of sp³-hybridized carbons (Fsp3) is 0.0385. The first-order valence-electron chi connectivity index (χ1n) is 10.4. The Morgan fingerprint density at radius 1 is 1.15 bits per heavy atom. The van der Waals surface area contributed by atoms with Gasteiger partial charge in [0.05, 0.1) is 22.7 Å². The van der Waals surface area contributed by atoms with Gasteiger partial charge in [-0.25, -0.2) is 4.98 Å². The summed E-state index contributed by atoms with van der Waals surface area (Å²) in [7, 11) is 0. The highest BCUT2D eigenvalue weighted by molar-refractivity contribution is 6.02. The second kappa shape index (κ2) is 8.48. The zero-order valence-corrected chi connectivity index (χ0v) is 18.0. The zero-order valence-electron chi connectivity index (χ0n) is 18.0. The molecule has 5 rings (SSSR count). The van der Waals surface area contributed by atoms with Gasteiger partial charge in [0.25, 0.3) is 0 Å². The summed E-state index contributed by atoms with van der Waals surface area (Å²) in [5.74, 6) is 0.111. The Morgan fingerprint density at radius 2 is 1.91 bits per heavy atom. The van der Waals surface area contributed by atoms with Crippen molar-refractivity contribution in [3.8, 4) is 11.9 Å². The third-order valence-corrected chi connectivity index (χ3v) is 5.38. The summed E-state index contributed by atoms with van der Waals surface area (Å²) < 4.78 is 6.88. The Labute approximate surface area is 193 Å². The van der Waals surface area contributed by atoms with Crippen LogP contribution in [0.25, 0.3) is 33.8 Å². The zero-order chi connectivity index (χ0) is 23.7. The lowest BCUT2D eigenvalue weighted by Gasteiger charge is -2.10. The van der Waals surface area contributed by atoms with Crippen LogP contribution in [0.3, 0.4) is 0 Å². The number of carbonyl (C=O) groups excluding carboxylic acids is 1. The minimum absolute atomic E-state index is 0.180. The minimum atomic E-state index is -0.539. The van der Waals surface area contributed by atoms with Crippen LogP contribution in [0.2, 0.25) is 0 Å². The highest BCUT2D eigenvalue weighted by atomic mass is 16.3. The van der Waals surface area contributed by atoms with E-state index in [1.807, 2.05) is 43.3 Å². The fourth-order valence-electron chi connectivity index (χ4n) is 3.70. The second-order valence-electron chi connectivity index (χ2n) is 7.58. The van der Waals surface area contributed by atoms with Crippen LogP contribution in [-0.2, 0) is 4.79 Å². The van der Waals surface area contributed by atoms with Gasteiger partial charge in [0.2, 0.25) is 5.91 Å². The average Bonchev–Trinajstić information content (AvgIpc) is 3.26. The molecule has 0 saturated heterocycles. The number of nitrogens with one attached hydrogen (secondary N) is 1. The molecule has 0 spiro atoms. The van der Waals surface area contributed by atoms with Crippen molar-refractivity contribution in [2.75, 3.05) is 5.32 Å². The molecular formula is C26H17N5O3. The van der Waals surface area contributed by atoms with Crippen molar-refractivity contribution in [2.45, 2.75) is 6.92 Å². The van der Waals surface area contributed by atoms with Crippen LogP contribution < -0.4 is 10.7 Å². The Balaban J connectivity index is 1.47. The monoisotopic (exact) mass is 447 g/mol. The molecule has 0 atom stereocenters. The van der Waals surface area contributed by atoms with E-state index >= 15 is 0 Å². The lowest BCUT2D eigenvalue weighted by Crippen LogP contribution is -2.14. The van der Waals surface area contributed by atoms with E-state index in [1.54, 1.807) is 24.3 Å². The van der Waals surface area contributed by atoms with Crippen molar-refractivity contribution in [1.82, 2.24) is 14.8 Å². The Bertz CT molecular complexity index is 1710. The van der Waals surface area contributed by atoms with Gasteiger partial charge in [0, 0.05) is 11.5 Å². The molecule has 8 heteroatoms. The van der Waals surface area contributed by atoms with Gasteiger partial charge in [-0.15, -0.1) is 0 Å². The molecule has 0 bridgehead atoms. The molecule has 5 aromatic rings. The molecule has 8 nitrogen and oxygen atoms in total. The lowest BCUT2D eigenvalue weighted by atomic mass is 10.1. The molecule has 0 radical (unpaired) electrons. The summed E-state index contributed by atoms with van der Waals surface area (Å²) in [5.41, 5.74) is 2.38. The molecular weight excluding hydrogens is 430 g/mol. The SMILES string of the molecule is Cc1cc(-n2ncc(C#N)c2NC(=O)/C=C/c2coc3ccccc3c2=O)nc2ccccc12. The van der Waals surface area contributed by atoms with E-state index < -0.39 is 5.91 Å². The minimum Gasteiger partial charge on any atom is -0.463 e. The van der Waals surface area contributed by atoms with Crippen molar-refractivity contribution < 1.29 is 9.21 Å². The number of nitriles is 1. The van der Waals surface area contributed by atoms with Crippen molar-refractivity contribution >= 4 is 39.7 Å². The first-order chi connectivity index (χ1) is 16.5. The maximum atomic E-state index is 12.7. The predicted octanol–water partition coefficient (Wildman–Crippen LogP) is 4.36. The van der Waals surface area contributed by atoms with Crippen molar-refractivity contribution in [3.05, 3.63) is 100 Å². The number of para-hydroxylation sites is 2. The van der Waals surface area contributed by atoms with E-state index in [4.69, 9.17) is 4.42 Å². The number of benzene rings is 2. The van der Waals surface area contributed by atoms with Gasteiger partial charge in [-0.05, 0) is 42.8 Å². The number of amides is 1. The number of aryl methyl sites for hydroxylation is 1. The van der Waals surface area contributed by atoms with Crippen LogP contribution in [0, 0.1) is 18.3 Å². The van der Waals surface area contributed by atoms with Gasteiger partial charge in [-0.1, -0.05) is 30.3 Å². The summed E-state index contributed by atoms with van der Waals surface area (Å²) >= 11 is 0. The van der Waals surface area contributed by atoms with E-state index in [0.29, 0.717) is 16.8 Å². The van der Waals surface area contributed by atoms with Crippen LogP contribution >= 0.6 is 0 Å². The number of hydrogen-bond acceptors (Lipinski definition) is 6. The number of anilines is 1. The van der Waals surface area contributed by atoms with Gasteiger partial charge >= 0.3 is 0 Å². The second-order valence-corrected chi connectivity index (χ2v) is 7.58. The van der Waals surface area contributed by atoms with Crippen molar-refractivity contribution in [1.29, 1.82) is 5.26 Å². The number of aromatic nitrogens is 3. The number of carbonyl (C=O) groups is 1. The van der Waals surface area contributed by atoms with Gasteiger partial charge in [0.1, 0.15) is 23.5 Å². The Hall–Kier alpha value is -5.03. The quantitative estimate of drug-likeness (QED) is 0.410. The largest absolute Gasteiger partial charge is 0.463 e. The van der Waals surface area contributed by atoms with Crippen LogP contribution in [-0.4, -0.2) is 20.7 Å². The fourth-order valence-corrected chi connectivity index (χ4v) is 3.70. The van der Waals surface area contributed by atoms with Crippen LogP contribution in [0.4, 0.5) is 5.82 Å². The summed E-state index contributed by atoms with van der Waals surface area (Å²) in [4.78, 5) is 29.9. The molecule has 1 amide bonds. The van der Waals surface area contributed by atoms with Gasteiger partial charge in [-0.2, -0.15) is 15.0 Å². The highest BCUT2D eigenvalue weighted by Crippen LogP contribution is 2.23. The molecule has 1 N–H and O–H groups in total. The lowest BCUT2D eigenvalue weighted by molar-refractivity contribution is -0.111. The molecule has 0 unspecified atom stereocenters. The summed E-state index contributed by atoms with van der Waals surface area (Å²) in [5, 5.41) is 17.9. The van der Waals surface area contributed by atoms with E-state index in [9.17, 15) is 14.9 Å². The first kappa shape index (κ1) is 20.8. The molecule has 0 aliphatic rings. The van der Waals surface area contributed by atoms with Gasteiger partial charge < -0.3 is 9.73 Å². The van der Waals surface area contributed by atoms with E-state index in [1.165, 1.54) is 29.3 Å². The smallest absolute Gasteiger partial charge is 0.249 e. The summed E-state index contributed by atoms with van der Waals surface area (Å²) in [6.45, 7) is 1.96. The number of rotatable bonds is 4. The molecule has 3 heterocycles. The van der Waals surface area contributed by atoms with Gasteiger partial charge in [-0.3, -0.25) is 9.59 Å². The van der Waals surface area contributed by atoms with Crippen LogP contribution in [0.5, 0.6) is 0 Å². The molecule has 0 aliphatic carbocycles. The standard InChI is InChI=1S/C26H17N5O3/c1-16-12-23(29-21-8-4-2-6-19(16)21)31-26(18(13-27)14-28-31)30-24(32)11-10-17-15-34-22-9-5-3-7-20(22)25(17)33/h2-12,14-15H,1H3,(H,30,32)/b11-10+. The molecule has 164 valence electrons. The number of fused-ring (bicyclic) bond motifs is 2. The molecule has 0 aliphatic heterocycles. The Morgan fingerprint density at radius 3 is 2.74 bits per heavy atom. The van der Waals surface area contributed by atoms with Gasteiger partial charge in [0.15, 0.2) is 17.1 Å². The van der Waals surface area contributed by atoms with Crippen LogP contribution in [0.1, 0.15) is 16.7 Å². The number of pyridine rings is 1. The average molecular weight is 447 g/mol. The van der Waals surface area contributed by atoms with E-state index in [-0.39, 0.29) is 22.4 Å².